The van der Waals surface area contributed by atoms with Gasteiger partial charge in [-0.3, -0.25) is 4.79 Å². The molecule has 1 amide bonds. The molecule has 0 bridgehead atoms. The number of nitrogens with one attached hydrogen (secondary N) is 1. The van der Waals surface area contributed by atoms with E-state index in [9.17, 15) is 9.59 Å². The first-order valence-corrected chi connectivity index (χ1v) is 6.04. The van der Waals surface area contributed by atoms with E-state index in [1.54, 1.807) is 13.8 Å². The number of carboxylic acid groups (broad SMARTS) is 1. The fraction of sp³-hybridized carbons (Fsp3) is 0.833. The average Bonchev–Trinajstić information content (AvgIpc) is 2.28. The molecule has 2 atom stereocenters. The summed E-state index contributed by atoms with van der Waals surface area (Å²) >= 11 is 0. The normalized spacial score (nSPS) is 16.0. The minimum absolute atomic E-state index is 0.329. The van der Waals surface area contributed by atoms with Crippen LogP contribution in [-0.4, -0.2) is 35.2 Å². The van der Waals surface area contributed by atoms with Crippen molar-refractivity contribution in [2.75, 3.05) is 6.61 Å². The lowest BCUT2D eigenvalue weighted by molar-refractivity contribution is -0.149. The molecular weight excluding hydrogens is 222 g/mol. The molecule has 0 aliphatic heterocycles. The maximum absolute atomic E-state index is 11.7. The molecule has 0 aliphatic carbocycles. The molecule has 0 saturated heterocycles. The van der Waals surface area contributed by atoms with E-state index >= 15 is 0 Å². The van der Waals surface area contributed by atoms with Gasteiger partial charge in [-0.1, -0.05) is 20.3 Å². The molecule has 0 aromatic heterocycles. The Labute approximate surface area is 103 Å². The number of hydrogen-bond acceptors (Lipinski definition) is 3. The maximum atomic E-state index is 11.7. The highest BCUT2D eigenvalue weighted by Gasteiger charge is 2.34. The fourth-order valence-electron chi connectivity index (χ4n) is 1.15. The third kappa shape index (κ3) is 5.17. The smallest absolute Gasteiger partial charge is 0.329 e. The molecule has 0 spiro atoms. The largest absolute Gasteiger partial charge is 0.480 e. The van der Waals surface area contributed by atoms with Crippen molar-refractivity contribution in [3.05, 3.63) is 0 Å². The molecule has 0 rings (SSSR count). The van der Waals surface area contributed by atoms with Crippen molar-refractivity contribution in [2.45, 2.75) is 58.6 Å². The molecule has 0 heterocycles. The number of carbonyl (C=O) groups excluding carboxylic acids is 1. The molecule has 0 radical (unpaired) electrons. The van der Waals surface area contributed by atoms with E-state index in [4.69, 9.17) is 9.84 Å². The van der Waals surface area contributed by atoms with Gasteiger partial charge in [-0.25, -0.2) is 4.79 Å². The number of unbranched alkanes of at least 4 members (excludes halogenated alkanes) is 1. The topological polar surface area (TPSA) is 75.6 Å². The van der Waals surface area contributed by atoms with Gasteiger partial charge in [0.25, 0.3) is 0 Å². The zero-order chi connectivity index (χ0) is 13.5. The molecule has 2 N–H and O–H groups in total. The first-order valence-electron chi connectivity index (χ1n) is 6.04. The molecule has 5 nitrogen and oxygen atoms in total. The van der Waals surface area contributed by atoms with E-state index in [1.807, 2.05) is 6.92 Å². The van der Waals surface area contributed by atoms with Gasteiger partial charge in [0, 0.05) is 6.61 Å². The lowest BCUT2D eigenvalue weighted by atomic mass is 9.99. The molecule has 0 aromatic carbocycles. The summed E-state index contributed by atoms with van der Waals surface area (Å²) < 4.78 is 5.31. The van der Waals surface area contributed by atoms with Crippen LogP contribution in [0.15, 0.2) is 0 Å². The Morgan fingerprint density at radius 3 is 2.41 bits per heavy atom. The monoisotopic (exact) mass is 245 g/mol. The van der Waals surface area contributed by atoms with Crippen molar-refractivity contribution >= 4 is 11.9 Å². The third-order valence-electron chi connectivity index (χ3n) is 2.81. The summed E-state index contributed by atoms with van der Waals surface area (Å²) in [5, 5.41) is 11.5. The van der Waals surface area contributed by atoms with Crippen LogP contribution in [0.25, 0.3) is 0 Å². The second-order valence-corrected chi connectivity index (χ2v) is 4.35. The van der Waals surface area contributed by atoms with Gasteiger partial charge in [0.05, 0.1) is 0 Å². The first kappa shape index (κ1) is 15.9. The molecule has 2 unspecified atom stereocenters. The molecule has 5 heteroatoms. The van der Waals surface area contributed by atoms with E-state index in [0.29, 0.717) is 13.0 Å². The van der Waals surface area contributed by atoms with E-state index in [1.165, 1.54) is 6.92 Å². The summed E-state index contributed by atoms with van der Waals surface area (Å²) in [5.41, 5.74) is -1.22. The number of carbonyl (C=O) groups is 2. The number of ether oxygens (including phenoxy) is 1. The Morgan fingerprint density at radius 1 is 1.41 bits per heavy atom. The fourth-order valence-corrected chi connectivity index (χ4v) is 1.15. The van der Waals surface area contributed by atoms with Gasteiger partial charge in [-0.15, -0.1) is 0 Å². The number of carboxylic acids is 1. The van der Waals surface area contributed by atoms with Gasteiger partial charge >= 0.3 is 5.97 Å². The van der Waals surface area contributed by atoms with Crippen LogP contribution in [0.5, 0.6) is 0 Å². The third-order valence-corrected chi connectivity index (χ3v) is 2.81. The van der Waals surface area contributed by atoms with Crippen LogP contribution in [0, 0.1) is 0 Å². The van der Waals surface area contributed by atoms with Gasteiger partial charge in [0.1, 0.15) is 11.6 Å². The van der Waals surface area contributed by atoms with Crippen LogP contribution in [0.1, 0.15) is 47.0 Å². The lowest BCUT2D eigenvalue weighted by Crippen LogP contribution is -2.54. The van der Waals surface area contributed by atoms with Crippen LogP contribution >= 0.6 is 0 Å². The van der Waals surface area contributed by atoms with Crippen molar-refractivity contribution in [1.82, 2.24) is 5.32 Å². The standard InChI is InChI=1S/C12H23NO4/c1-5-7-8-17-9(3)10(14)13-12(4,6-2)11(15)16/h9H,5-8H2,1-4H3,(H,13,14)(H,15,16). The predicted octanol–water partition coefficient (Wildman–Crippen LogP) is 1.56. The van der Waals surface area contributed by atoms with Crippen LogP contribution in [0.2, 0.25) is 0 Å². The summed E-state index contributed by atoms with van der Waals surface area (Å²) in [4.78, 5) is 22.7. The highest BCUT2D eigenvalue weighted by atomic mass is 16.5. The number of aliphatic carboxylic acids is 1. The highest BCUT2D eigenvalue weighted by Crippen LogP contribution is 2.10. The Hall–Kier alpha value is -1.10. The van der Waals surface area contributed by atoms with Crippen molar-refractivity contribution in [2.24, 2.45) is 0 Å². The molecule has 0 aromatic rings. The van der Waals surface area contributed by atoms with E-state index in [-0.39, 0.29) is 5.91 Å². The van der Waals surface area contributed by atoms with Crippen molar-refractivity contribution in [3.8, 4) is 0 Å². The van der Waals surface area contributed by atoms with Crippen LogP contribution in [-0.2, 0) is 14.3 Å². The molecule has 0 saturated carbocycles. The molecule has 0 fully saturated rings. The SMILES string of the molecule is CCCCOC(C)C(=O)NC(C)(CC)C(=O)O. The highest BCUT2D eigenvalue weighted by molar-refractivity contribution is 5.88. The Kier molecular flexibility index (Phi) is 6.80. The van der Waals surface area contributed by atoms with Gasteiger partial charge < -0.3 is 15.2 Å². The zero-order valence-electron chi connectivity index (χ0n) is 11.1. The summed E-state index contributed by atoms with van der Waals surface area (Å²) in [7, 11) is 0. The van der Waals surface area contributed by atoms with Crippen molar-refractivity contribution < 1.29 is 19.4 Å². The van der Waals surface area contributed by atoms with Crippen LogP contribution in [0.3, 0.4) is 0 Å². The zero-order valence-corrected chi connectivity index (χ0v) is 11.1. The van der Waals surface area contributed by atoms with Gasteiger partial charge in [0.2, 0.25) is 5.91 Å². The summed E-state index contributed by atoms with van der Waals surface area (Å²) in [6, 6.07) is 0. The number of amides is 1. The number of hydrogen-bond donors (Lipinski definition) is 2. The first-order chi connectivity index (χ1) is 7.87. The van der Waals surface area contributed by atoms with Gasteiger partial charge in [-0.05, 0) is 26.7 Å². The van der Waals surface area contributed by atoms with Crippen LogP contribution < -0.4 is 5.32 Å². The summed E-state index contributed by atoms with van der Waals surface area (Å²) in [6.45, 7) is 7.39. The Bertz CT molecular complexity index is 267. The van der Waals surface area contributed by atoms with Crippen LogP contribution in [0.4, 0.5) is 0 Å². The molecule has 17 heavy (non-hydrogen) atoms. The lowest BCUT2D eigenvalue weighted by Gasteiger charge is -2.26. The molecule has 100 valence electrons. The quantitative estimate of drug-likeness (QED) is 0.636. The van der Waals surface area contributed by atoms with Crippen molar-refractivity contribution in [3.63, 3.8) is 0 Å². The minimum atomic E-state index is -1.22. The van der Waals surface area contributed by atoms with E-state index < -0.39 is 17.6 Å². The van der Waals surface area contributed by atoms with Gasteiger partial charge in [-0.2, -0.15) is 0 Å². The predicted molar refractivity (Wildman–Crippen MR) is 64.8 cm³/mol. The maximum Gasteiger partial charge on any atom is 0.329 e. The average molecular weight is 245 g/mol. The summed E-state index contributed by atoms with van der Waals surface area (Å²) in [6.07, 6.45) is 1.60. The van der Waals surface area contributed by atoms with Crippen molar-refractivity contribution in [1.29, 1.82) is 0 Å². The Morgan fingerprint density at radius 2 is 2.00 bits per heavy atom. The molecular formula is C12H23NO4. The molecule has 0 aliphatic rings. The second-order valence-electron chi connectivity index (χ2n) is 4.35. The summed E-state index contributed by atoms with van der Waals surface area (Å²) in [5.74, 6) is -1.41. The minimum Gasteiger partial charge on any atom is -0.480 e. The van der Waals surface area contributed by atoms with E-state index in [2.05, 4.69) is 5.32 Å². The second kappa shape index (κ2) is 7.27. The Balaban J connectivity index is 4.27. The van der Waals surface area contributed by atoms with E-state index in [0.717, 1.165) is 12.8 Å². The van der Waals surface area contributed by atoms with Gasteiger partial charge in [0.15, 0.2) is 0 Å². The number of rotatable bonds is 8.